The molecule has 2 amide bonds. The van der Waals surface area contributed by atoms with Gasteiger partial charge in [-0.2, -0.15) is 8.42 Å². The van der Waals surface area contributed by atoms with Crippen LogP contribution in [0.4, 0.5) is 0 Å². The Morgan fingerprint density at radius 1 is 1.38 bits per heavy atom. The number of amides is 2. The average Bonchev–Trinajstić information content (AvgIpc) is 2.62. The molecule has 1 saturated heterocycles. The number of hydrogen-bond donors (Lipinski definition) is 3. The summed E-state index contributed by atoms with van der Waals surface area (Å²) in [5.74, 6) is -3.57. The minimum atomic E-state index is -4.66. The summed E-state index contributed by atoms with van der Waals surface area (Å²) < 4.78 is 37.2. The molecule has 0 saturated carbocycles. The van der Waals surface area contributed by atoms with Gasteiger partial charge in [0, 0.05) is 18.2 Å². The fourth-order valence-corrected chi connectivity index (χ4v) is 5.16. The van der Waals surface area contributed by atoms with Gasteiger partial charge in [-0.05, 0) is 6.42 Å². The summed E-state index contributed by atoms with van der Waals surface area (Å²) in [6, 6.07) is -1.12. The molecule has 13 heteroatoms. The summed E-state index contributed by atoms with van der Waals surface area (Å²) in [7, 11) is -4.66. The molecule has 2 rings (SSSR count). The lowest BCUT2D eigenvalue weighted by molar-refractivity contribution is -0.151. The first-order chi connectivity index (χ1) is 13.5. The number of carboxylic acids is 1. The third kappa shape index (κ3) is 5.08. The number of carboxylic acid groups (broad SMARTS) is 1. The number of esters is 1. The zero-order valence-corrected chi connectivity index (χ0v) is 17.4. The maximum atomic E-state index is 12.5. The molecule has 0 radical (unpaired) electrons. The van der Waals surface area contributed by atoms with Crippen LogP contribution in [0.25, 0.3) is 0 Å². The largest absolute Gasteiger partial charge is 0.477 e. The molecule has 162 valence electrons. The third-order valence-corrected chi connectivity index (χ3v) is 6.98. The van der Waals surface area contributed by atoms with Crippen LogP contribution in [0.1, 0.15) is 33.1 Å². The first-order valence-corrected chi connectivity index (χ1v) is 11.3. The Morgan fingerprint density at radius 2 is 2.03 bits per heavy atom. The molecule has 1 unspecified atom stereocenters. The van der Waals surface area contributed by atoms with Crippen molar-refractivity contribution < 1.29 is 42.0 Å². The molecule has 0 spiro atoms. The summed E-state index contributed by atoms with van der Waals surface area (Å²) in [6.07, 6.45) is 0.883. The molecule has 3 atom stereocenters. The van der Waals surface area contributed by atoms with Gasteiger partial charge in [0.05, 0.1) is 0 Å². The maximum Gasteiger partial charge on any atom is 0.352 e. The van der Waals surface area contributed by atoms with Crippen LogP contribution in [-0.2, 0) is 34.0 Å². The van der Waals surface area contributed by atoms with E-state index in [2.05, 4.69) is 5.32 Å². The van der Waals surface area contributed by atoms with Crippen molar-refractivity contribution in [2.75, 3.05) is 12.4 Å². The molecule has 0 aromatic rings. The Labute approximate surface area is 171 Å². The van der Waals surface area contributed by atoms with Gasteiger partial charge >= 0.3 is 11.9 Å². The Balaban J connectivity index is 2.17. The molecule has 3 N–H and O–H groups in total. The van der Waals surface area contributed by atoms with Gasteiger partial charge in [-0.3, -0.25) is 23.8 Å². The number of nitrogens with zero attached hydrogens (tertiary/aromatic N) is 1. The van der Waals surface area contributed by atoms with E-state index in [9.17, 15) is 37.3 Å². The van der Waals surface area contributed by atoms with Crippen molar-refractivity contribution in [1.29, 1.82) is 0 Å². The van der Waals surface area contributed by atoms with Crippen LogP contribution in [0.3, 0.4) is 0 Å². The monoisotopic (exact) mass is 450 g/mol. The Hall–Kier alpha value is -2.12. The van der Waals surface area contributed by atoms with E-state index in [1.165, 1.54) is 6.92 Å². The number of aliphatic carboxylic acids is 1. The van der Waals surface area contributed by atoms with Crippen LogP contribution in [0.5, 0.6) is 0 Å². The van der Waals surface area contributed by atoms with Crippen molar-refractivity contribution in [2.45, 2.75) is 49.8 Å². The van der Waals surface area contributed by atoms with Crippen molar-refractivity contribution in [1.82, 2.24) is 10.2 Å². The first-order valence-electron chi connectivity index (χ1n) is 8.79. The second-order valence-corrected chi connectivity index (χ2v) is 9.28. The first kappa shape index (κ1) is 23.2. The van der Waals surface area contributed by atoms with Crippen molar-refractivity contribution >= 4 is 45.6 Å². The normalized spacial score (nSPS) is 22.4. The van der Waals surface area contributed by atoms with Gasteiger partial charge < -0.3 is 15.2 Å². The molecule has 2 aliphatic rings. The highest BCUT2D eigenvalue weighted by atomic mass is 32.2. The number of fused-ring (bicyclic) bond motifs is 1. The number of hydrogen-bond acceptors (Lipinski definition) is 8. The second-order valence-electron chi connectivity index (χ2n) is 6.58. The van der Waals surface area contributed by atoms with E-state index in [0.717, 1.165) is 16.7 Å². The van der Waals surface area contributed by atoms with E-state index >= 15 is 0 Å². The number of thioether (sulfide) groups is 1. The highest BCUT2D eigenvalue weighted by Crippen LogP contribution is 2.40. The van der Waals surface area contributed by atoms with Gasteiger partial charge in [-0.15, -0.1) is 11.8 Å². The molecular weight excluding hydrogens is 428 g/mol. The zero-order valence-electron chi connectivity index (χ0n) is 15.8. The fraction of sp³-hybridized carbons (Fsp3) is 0.625. The van der Waals surface area contributed by atoms with Crippen molar-refractivity contribution in [3.63, 3.8) is 0 Å². The summed E-state index contributed by atoms with van der Waals surface area (Å²) in [6.45, 7) is 2.68. The van der Waals surface area contributed by atoms with Crippen LogP contribution in [0.15, 0.2) is 11.3 Å². The molecule has 0 aliphatic carbocycles. The Kier molecular flexibility index (Phi) is 7.30. The topological polar surface area (TPSA) is 167 Å². The van der Waals surface area contributed by atoms with Gasteiger partial charge in [0.25, 0.3) is 16.0 Å². The molecule has 0 bridgehead atoms. The van der Waals surface area contributed by atoms with Crippen LogP contribution in [0.2, 0.25) is 0 Å². The van der Waals surface area contributed by atoms with Crippen LogP contribution >= 0.6 is 11.8 Å². The standard InChI is InChI=1S/C16H22N2O9S2/c1-3-4-5-10(29(24,25)26)13(20)17-11-14(21)18-12(16(22)23)9(6-27-8(2)19)7-28-15(11)18/h10-11,15H,3-7H2,1-2H3,(H,17,20)(H,22,23)(H,24,25,26)/t10?,11-,15-/m1/s1. The predicted molar refractivity (Wildman–Crippen MR) is 101 cm³/mol. The number of nitrogens with one attached hydrogen (secondary N) is 1. The average molecular weight is 450 g/mol. The van der Waals surface area contributed by atoms with Crippen LogP contribution in [-0.4, -0.2) is 75.8 Å². The molecule has 1 fully saturated rings. The molecule has 2 aliphatic heterocycles. The summed E-state index contributed by atoms with van der Waals surface area (Å²) in [5.41, 5.74) is -0.0753. The van der Waals surface area contributed by atoms with Gasteiger partial charge in [0.2, 0.25) is 5.91 Å². The highest BCUT2D eigenvalue weighted by molar-refractivity contribution is 8.00. The van der Waals surface area contributed by atoms with Crippen molar-refractivity contribution in [3.05, 3.63) is 11.3 Å². The van der Waals surface area contributed by atoms with E-state index in [0.29, 0.717) is 12.8 Å². The number of rotatable bonds is 9. The van der Waals surface area contributed by atoms with E-state index in [1.54, 1.807) is 6.92 Å². The van der Waals surface area contributed by atoms with E-state index < -0.39 is 50.5 Å². The molecule has 0 aromatic heterocycles. The quantitative estimate of drug-likeness (QED) is 0.242. The summed E-state index contributed by atoms with van der Waals surface area (Å²) >= 11 is 1.15. The van der Waals surface area contributed by atoms with E-state index in [4.69, 9.17) is 4.74 Å². The SMILES string of the molecule is CCCCC(C(=O)N[C@@H]1C(=O)N2C(C(=O)O)=C(COC(C)=O)CS[C@H]12)S(=O)(=O)O. The second kappa shape index (κ2) is 9.13. The van der Waals surface area contributed by atoms with Gasteiger partial charge in [0.15, 0.2) is 5.25 Å². The molecule has 11 nitrogen and oxygen atoms in total. The van der Waals surface area contributed by atoms with E-state index in [1.807, 2.05) is 0 Å². The number of carbonyl (C=O) groups is 4. The zero-order chi connectivity index (χ0) is 21.9. The molecule has 0 aromatic carbocycles. The van der Waals surface area contributed by atoms with Gasteiger partial charge in [-0.25, -0.2) is 4.79 Å². The fourth-order valence-electron chi connectivity index (χ4n) is 3.03. The lowest BCUT2D eigenvalue weighted by atomic mass is 10.0. The minimum Gasteiger partial charge on any atom is -0.477 e. The molecule has 2 heterocycles. The summed E-state index contributed by atoms with van der Waals surface area (Å²) in [5, 5.41) is 9.34. The highest BCUT2D eigenvalue weighted by Gasteiger charge is 2.54. The number of carbonyl (C=O) groups excluding carboxylic acids is 3. The van der Waals surface area contributed by atoms with Gasteiger partial charge in [0.1, 0.15) is 23.7 Å². The smallest absolute Gasteiger partial charge is 0.352 e. The molecular formula is C16H22N2O9S2. The number of ether oxygens (including phenoxy) is 1. The van der Waals surface area contributed by atoms with Crippen LogP contribution < -0.4 is 5.32 Å². The number of β-lactam (4-membered cyclic amide) rings is 1. The number of unbranched alkanes of at least 4 members (excludes halogenated alkanes) is 1. The van der Waals surface area contributed by atoms with E-state index in [-0.39, 0.29) is 30.1 Å². The molecule has 29 heavy (non-hydrogen) atoms. The van der Waals surface area contributed by atoms with Gasteiger partial charge in [-0.1, -0.05) is 19.8 Å². The minimum absolute atomic E-state index is 0.101. The lowest BCUT2D eigenvalue weighted by Gasteiger charge is -2.49. The van der Waals surface area contributed by atoms with Crippen molar-refractivity contribution in [3.8, 4) is 0 Å². The lowest BCUT2D eigenvalue weighted by Crippen LogP contribution is -2.71. The third-order valence-electron chi connectivity index (χ3n) is 4.47. The Bertz CT molecular complexity index is 852. The Morgan fingerprint density at radius 3 is 2.55 bits per heavy atom. The maximum absolute atomic E-state index is 12.5. The van der Waals surface area contributed by atoms with Crippen LogP contribution in [0, 0.1) is 0 Å². The predicted octanol–water partition coefficient (Wildman–Crippen LogP) is -0.265. The van der Waals surface area contributed by atoms with Crippen molar-refractivity contribution in [2.24, 2.45) is 0 Å². The summed E-state index contributed by atoms with van der Waals surface area (Å²) in [4.78, 5) is 48.5.